The molecule has 0 bridgehead atoms. The van der Waals surface area contributed by atoms with Crippen LogP contribution in [0.3, 0.4) is 0 Å². The second-order valence-corrected chi connectivity index (χ2v) is 5.30. The van der Waals surface area contributed by atoms with Gasteiger partial charge in [0.05, 0.1) is 6.54 Å². The van der Waals surface area contributed by atoms with Gasteiger partial charge in [0.25, 0.3) is 0 Å². The molecule has 3 rings (SSSR count). The zero-order chi connectivity index (χ0) is 13.9. The summed E-state index contributed by atoms with van der Waals surface area (Å²) in [5.74, 6) is 1.47. The lowest BCUT2D eigenvalue weighted by Crippen LogP contribution is -2.24. The third kappa shape index (κ3) is 2.67. The lowest BCUT2D eigenvalue weighted by atomic mass is 10.2. The fourth-order valence-electron chi connectivity index (χ4n) is 2.55. The van der Waals surface area contributed by atoms with E-state index in [0.29, 0.717) is 18.5 Å². The molecule has 0 aliphatic carbocycles. The van der Waals surface area contributed by atoms with Crippen LogP contribution >= 0.6 is 0 Å². The highest BCUT2D eigenvalue weighted by Gasteiger charge is 2.20. The Hall–Kier alpha value is -1.88. The van der Waals surface area contributed by atoms with E-state index in [1.54, 1.807) is 0 Å². The van der Waals surface area contributed by atoms with Crippen molar-refractivity contribution >= 4 is 5.69 Å². The molecule has 2 aromatic rings. The maximum atomic E-state index is 5.36. The molecule has 1 N–H and O–H groups in total. The molecule has 1 aliphatic heterocycles. The fourth-order valence-corrected chi connectivity index (χ4v) is 2.55. The van der Waals surface area contributed by atoms with Crippen molar-refractivity contribution in [2.75, 3.05) is 18.5 Å². The van der Waals surface area contributed by atoms with E-state index in [9.17, 15) is 0 Å². The molecular formula is C15H20N4O. The topological polar surface area (TPSA) is 54.2 Å². The summed E-state index contributed by atoms with van der Waals surface area (Å²) in [5.41, 5.74) is 2.69. The second-order valence-electron chi connectivity index (χ2n) is 5.30. The van der Waals surface area contributed by atoms with E-state index in [1.807, 2.05) is 7.05 Å². The number of rotatable bonds is 5. The Morgan fingerprint density at radius 3 is 3.10 bits per heavy atom. The highest BCUT2D eigenvalue weighted by molar-refractivity contribution is 5.57. The second kappa shape index (κ2) is 5.63. The molecule has 0 saturated carbocycles. The van der Waals surface area contributed by atoms with Crippen molar-refractivity contribution in [3.63, 3.8) is 0 Å². The van der Waals surface area contributed by atoms with Crippen molar-refractivity contribution in [3.8, 4) is 0 Å². The first-order valence-corrected chi connectivity index (χ1v) is 7.08. The summed E-state index contributed by atoms with van der Waals surface area (Å²) in [6.45, 7) is 3.81. The van der Waals surface area contributed by atoms with Gasteiger partial charge in [-0.3, -0.25) is 0 Å². The number of nitrogens with one attached hydrogen (secondary N) is 1. The molecule has 0 amide bonds. The van der Waals surface area contributed by atoms with Gasteiger partial charge in [-0.1, -0.05) is 23.4 Å². The zero-order valence-electron chi connectivity index (χ0n) is 12.0. The quantitative estimate of drug-likeness (QED) is 0.899. The van der Waals surface area contributed by atoms with Gasteiger partial charge in [0.1, 0.15) is 0 Å². The number of likely N-dealkylation sites (N-methyl/N-ethyl adjacent to an activating group) is 1. The average molecular weight is 272 g/mol. The van der Waals surface area contributed by atoms with E-state index in [4.69, 9.17) is 4.52 Å². The minimum absolute atomic E-state index is 0.355. The maximum Gasteiger partial charge on any atom is 0.246 e. The normalized spacial score (nSPS) is 15.4. The van der Waals surface area contributed by atoms with Crippen molar-refractivity contribution in [2.45, 2.75) is 32.4 Å². The molecule has 0 radical (unpaired) electrons. The molecule has 106 valence electrons. The monoisotopic (exact) mass is 272 g/mol. The SMILES string of the molecule is CNC(C)Cc1noc(CN2CCc3ccccc32)n1. The molecule has 5 nitrogen and oxygen atoms in total. The van der Waals surface area contributed by atoms with Crippen molar-refractivity contribution in [1.29, 1.82) is 0 Å². The van der Waals surface area contributed by atoms with Crippen LogP contribution in [-0.4, -0.2) is 29.8 Å². The van der Waals surface area contributed by atoms with Gasteiger partial charge in [-0.2, -0.15) is 4.98 Å². The summed E-state index contributed by atoms with van der Waals surface area (Å²) in [5, 5.41) is 7.23. The van der Waals surface area contributed by atoms with Crippen molar-refractivity contribution in [1.82, 2.24) is 15.5 Å². The number of hydrogen-bond donors (Lipinski definition) is 1. The van der Waals surface area contributed by atoms with Crippen molar-refractivity contribution < 1.29 is 4.52 Å². The van der Waals surface area contributed by atoms with E-state index >= 15 is 0 Å². The predicted molar refractivity (Wildman–Crippen MR) is 77.7 cm³/mol. The molecule has 1 aromatic heterocycles. The van der Waals surface area contributed by atoms with Gasteiger partial charge in [0, 0.05) is 24.7 Å². The van der Waals surface area contributed by atoms with E-state index < -0.39 is 0 Å². The van der Waals surface area contributed by atoms with Gasteiger partial charge in [-0.15, -0.1) is 0 Å². The van der Waals surface area contributed by atoms with Crippen LogP contribution in [0, 0.1) is 0 Å². The number of nitrogens with zero attached hydrogens (tertiary/aromatic N) is 3. The predicted octanol–water partition coefficient (Wildman–Crippen LogP) is 1.78. The Labute approximate surface area is 119 Å². The summed E-state index contributed by atoms with van der Waals surface area (Å²) in [4.78, 5) is 6.77. The first kappa shape index (κ1) is 13.1. The maximum absolute atomic E-state index is 5.36. The lowest BCUT2D eigenvalue weighted by molar-refractivity contribution is 0.370. The highest BCUT2D eigenvalue weighted by atomic mass is 16.5. The molecule has 0 saturated heterocycles. The highest BCUT2D eigenvalue weighted by Crippen LogP contribution is 2.28. The summed E-state index contributed by atoms with van der Waals surface area (Å²) in [6, 6.07) is 8.86. The minimum Gasteiger partial charge on any atom is -0.362 e. The fraction of sp³-hybridized carbons (Fsp3) is 0.467. The van der Waals surface area contributed by atoms with Gasteiger partial charge in [-0.05, 0) is 32.0 Å². The van der Waals surface area contributed by atoms with Gasteiger partial charge in [0.2, 0.25) is 5.89 Å². The Kier molecular flexibility index (Phi) is 3.69. The molecule has 1 aliphatic rings. The first-order valence-electron chi connectivity index (χ1n) is 7.08. The van der Waals surface area contributed by atoms with Gasteiger partial charge < -0.3 is 14.7 Å². The van der Waals surface area contributed by atoms with Crippen LogP contribution in [0.25, 0.3) is 0 Å². The lowest BCUT2D eigenvalue weighted by Gasteiger charge is -2.16. The number of hydrogen-bond acceptors (Lipinski definition) is 5. The van der Waals surface area contributed by atoms with E-state index in [-0.39, 0.29) is 0 Å². The minimum atomic E-state index is 0.355. The molecule has 2 heterocycles. The van der Waals surface area contributed by atoms with E-state index in [2.05, 4.69) is 51.5 Å². The van der Waals surface area contributed by atoms with Crippen LogP contribution in [0.4, 0.5) is 5.69 Å². The van der Waals surface area contributed by atoms with Crippen LogP contribution < -0.4 is 10.2 Å². The van der Waals surface area contributed by atoms with E-state index in [0.717, 1.165) is 25.2 Å². The Balaban J connectivity index is 1.67. The van der Waals surface area contributed by atoms with Gasteiger partial charge >= 0.3 is 0 Å². The Morgan fingerprint density at radius 2 is 2.25 bits per heavy atom. The third-order valence-corrected chi connectivity index (χ3v) is 3.80. The van der Waals surface area contributed by atoms with Crippen LogP contribution in [0.2, 0.25) is 0 Å². The summed E-state index contributed by atoms with van der Waals surface area (Å²) in [7, 11) is 1.94. The molecule has 5 heteroatoms. The zero-order valence-corrected chi connectivity index (χ0v) is 12.0. The van der Waals surface area contributed by atoms with Gasteiger partial charge in [0.15, 0.2) is 5.82 Å². The third-order valence-electron chi connectivity index (χ3n) is 3.80. The molecule has 20 heavy (non-hydrogen) atoms. The molecule has 1 unspecified atom stereocenters. The summed E-state index contributed by atoms with van der Waals surface area (Å²) >= 11 is 0. The number of aromatic nitrogens is 2. The smallest absolute Gasteiger partial charge is 0.246 e. The number of anilines is 1. The first-order chi connectivity index (χ1) is 9.76. The molecule has 0 spiro atoms. The largest absolute Gasteiger partial charge is 0.362 e. The van der Waals surface area contributed by atoms with Gasteiger partial charge in [-0.25, -0.2) is 0 Å². The number of fused-ring (bicyclic) bond motifs is 1. The molecule has 1 atom stereocenters. The Bertz CT molecular complexity index is 581. The van der Waals surface area contributed by atoms with Crippen LogP contribution in [-0.2, 0) is 19.4 Å². The Morgan fingerprint density at radius 1 is 1.40 bits per heavy atom. The summed E-state index contributed by atoms with van der Waals surface area (Å²) in [6.07, 6.45) is 1.88. The van der Waals surface area contributed by atoms with Crippen molar-refractivity contribution in [3.05, 3.63) is 41.5 Å². The van der Waals surface area contributed by atoms with Crippen LogP contribution in [0.5, 0.6) is 0 Å². The van der Waals surface area contributed by atoms with Crippen molar-refractivity contribution in [2.24, 2.45) is 0 Å². The number of benzene rings is 1. The molecular weight excluding hydrogens is 252 g/mol. The summed E-state index contributed by atoms with van der Waals surface area (Å²) < 4.78 is 5.36. The molecule has 1 aromatic carbocycles. The number of para-hydroxylation sites is 1. The van der Waals surface area contributed by atoms with E-state index in [1.165, 1.54) is 11.3 Å². The van der Waals surface area contributed by atoms with Crippen LogP contribution in [0.1, 0.15) is 24.2 Å². The molecule has 0 fully saturated rings. The van der Waals surface area contributed by atoms with Crippen LogP contribution in [0.15, 0.2) is 28.8 Å². The standard InChI is InChI=1S/C15H20N4O/c1-11(16-2)9-14-17-15(20-18-14)10-19-8-7-12-5-3-4-6-13(12)19/h3-6,11,16H,7-10H2,1-2H3. The average Bonchev–Trinajstić information content (AvgIpc) is 3.07.